The highest BCUT2D eigenvalue weighted by Crippen LogP contribution is 2.43. The van der Waals surface area contributed by atoms with Crippen LogP contribution in [0.25, 0.3) is 5.76 Å². The number of aliphatic hydroxyl groups excluding tert-OH is 1. The molecule has 1 amide bonds. The van der Waals surface area contributed by atoms with E-state index >= 15 is 0 Å². The van der Waals surface area contributed by atoms with Crippen LogP contribution in [0.5, 0.6) is 0 Å². The molecule has 0 radical (unpaired) electrons. The predicted octanol–water partition coefficient (Wildman–Crippen LogP) is 5.58. The lowest BCUT2D eigenvalue weighted by Crippen LogP contribution is -2.29. The first kappa shape index (κ1) is 25.6. The Balaban J connectivity index is 1.88. The molecule has 1 fully saturated rings. The molecule has 0 bridgehead atoms. The number of aliphatic hydroxyl groups is 1. The van der Waals surface area contributed by atoms with Gasteiger partial charge in [0.1, 0.15) is 5.76 Å². The molecule has 1 atom stereocenters. The molecule has 0 saturated carbocycles. The van der Waals surface area contributed by atoms with Gasteiger partial charge < -0.3 is 10.0 Å². The van der Waals surface area contributed by atoms with E-state index in [2.05, 4.69) is 20.8 Å². The van der Waals surface area contributed by atoms with Gasteiger partial charge in [-0.25, -0.2) is 0 Å². The van der Waals surface area contributed by atoms with E-state index in [1.165, 1.54) is 29.2 Å². The topological polar surface area (TPSA) is 104 Å². The van der Waals surface area contributed by atoms with Crippen LogP contribution in [0.1, 0.15) is 43.5 Å². The summed E-state index contributed by atoms with van der Waals surface area (Å²) in [7, 11) is 3.82. The van der Waals surface area contributed by atoms with Gasteiger partial charge >= 0.3 is 0 Å². The van der Waals surface area contributed by atoms with Gasteiger partial charge in [0.15, 0.2) is 0 Å². The average molecular weight is 500 g/mol. The molecule has 1 unspecified atom stereocenters. The number of Topliss-reactive ketones (excluding diaryl/α,β-unsaturated/α-hetero) is 1. The Morgan fingerprint density at radius 2 is 1.49 bits per heavy atom. The number of benzene rings is 3. The summed E-state index contributed by atoms with van der Waals surface area (Å²) in [6, 6.07) is 19.2. The van der Waals surface area contributed by atoms with Gasteiger partial charge in [-0.15, -0.1) is 0 Å². The number of anilines is 2. The SMILES string of the molecule is CN(C)c1ccc(C2/C(=C(/O)c3ccc([N+](=O)[O-])cc3)C(=O)C(=O)N2c2ccc(C(C)(C)C)cc2)cc1. The number of nitro groups is 1. The molecule has 1 saturated heterocycles. The van der Waals surface area contributed by atoms with Crippen LogP contribution in [0.15, 0.2) is 78.4 Å². The van der Waals surface area contributed by atoms with E-state index < -0.39 is 22.7 Å². The highest BCUT2D eigenvalue weighted by Gasteiger charge is 2.47. The number of non-ortho nitro benzene ring substituents is 1. The lowest BCUT2D eigenvalue weighted by molar-refractivity contribution is -0.384. The minimum absolute atomic E-state index is 0.0728. The fourth-order valence-corrected chi connectivity index (χ4v) is 4.39. The molecule has 4 rings (SSSR count). The number of nitro benzene ring substituents is 1. The zero-order valence-electron chi connectivity index (χ0n) is 21.4. The third-order valence-corrected chi connectivity index (χ3v) is 6.53. The molecule has 1 heterocycles. The van der Waals surface area contributed by atoms with E-state index in [4.69, 9.17) is 0 Å². The number of nitrogens with zero attached hydrogens (tertiary/aromatic N) is 3. The maximum atomic E-state index is 13.4. The Morgan fingerprint density at radius 3 is 1.97 bits per heavy atom. The summed E-state index contributed by atoms with van der Waals surface area (Å²) in [4.78, 5) is 40.5. The largest absolute Gasteiger partial charge is 0.507 e. The van der Waals surface area contributed by atoms with Crippen molar-refractivity contribution in [1.29, 1.82) is 0 Å². The fraction of sp³-hybridized carbons (Fsp3) is 0.241. The summed E-state index contributed by atoms with van der Waals surface area (Å²) in [6.45, 7) is 6.26. The quantitative estimate of drug-likeness (QED) is 0.161. The lowest BCUT2D eigenvalue weighted by Gasteiger charge is -2.27. The van der Waals surface area contributed by atoms with Crippen molar-refractivity contribution >= 4 is 34.5 Å². The molecule has 3 aromatic rings. The van der Waals surface area contributed by atoms with Crippen molar-refractivity contribution in [3.8, 4) is 0 Å². The van der Waals surface area contributed by atoms with Crippen LogP contribution in [-0.4, -0.2) is 35.8 Å². The maximum absolute atomic E-state index is 13.4. The predicted molar refractivity (Wildman–Crippen MR) is 144 cm³/mol. The maximum Gasteiger partial charge on any atom is 0.300 e. The Morgan fingerprint density at radius 1 is 0.919 bits per heavy atom. The van der Waals surface area contributed by atoms with Crippen molar-refractivity contribution in [3.05, 3.63) is 105 Å². The molecular weight excluding hydrogens is 470 g/mol. The highest BCUT2D eigenvalue weighted by molar-refractivity contribution is 6.51. The zero-order chi connectivity index (χ0) is 27.1. The van der Waals surface area contributed by atoms with Gasteiger partial charge in [-0.2, -0.15) is 0 Å². The molecule has 0 aromatic heterocycles. The number of hydrogen-bond acceptors (Lipinski definition) is 6. The standard InChI is InChI=1S/C29H29N3O5/c1-29(2,3)20-10-16-22(17-11-20)31-25(18-6-12-21(13-7-18)30(4)5)24(27(34)28(31)35)26(33)19-8-14-23(15-9-19)32(36)37/h6-17,25,33H,1-5H3/b26-24-. The summed E-state index contributed by atoms with van der Waals surface area (Å²) in [5.74, 6) is -1.96. The van der Waals surface area contributed by atoms with Crippen LogP contribution in [0.2, 0.25) is 0 Å². The second-order valence-electron chi connectivity index (χ2n) is 10.3. The van der Waals surface area contributed by atoms with E-state index in [1.54, 1.807) is 12.1 Å². The van der Waals surface area contributed by atoms with Crippen molar-refractivity contribution in [2.45, 2.75) is 32.2 Å². The second-order valence-corrected chi connectivity index (χ2v) is 10.3. The van der Waals surface area contributed by atoms with Crippen LogP contribution in [-0.2, 0) is 15.0 Å². The molecule has 1 N–H and O–H groups in total. The molecule has 3 aromatic carbocycles. The summed E-state index contributed by atoms with van der Waals surface area (Å²) < 4.78 is 0. The van der Waals surface area contributed by atoms with Crippen molar-refractivity contribution < 1.29 is 19.6 Å². The number of carbonyl (C=O) groups excluding carboxylic acids is 2. The van der Waals surface area contributed by atoms with Gasteiger partial charge in [-0.1, -0.05) is 45.0 Å². The van der Waals surface area contributed by atoms with Crippen LogP contribution in [0.3, 0.4) is 0 Å². The molecule has 8 nitrogen and oxygen atoms in total. The van der Waals surface area contributed by atoms with Crippen molar-refractivity contribution in [2.24, 2.45) is 0 Å². The Labute approximate surface area is 215 Å². The first-order valence-corrected chi connectivity index (χ1v) is 11.8. The van der Waals surface area contributed by atoms with E-state index in [0.717, 1.165) is 11.3 Å². The van der Waals surface area contributed by atoms with Gasteiger partial charge in [-0.3, -0.25) is 24.6 Å². The highest BCUT2D eigenvalue weighted by atomic mass is 16.6. The zero-order valence-corrected chi connectivity index (χ0v) is 21.4. The summed E-state index contributed by atoms with van der Waals surface area (Å²) in [6.07, 6.45) is 0. The smallest absolute Gasteiger partial charge is 0.300 e. The summed E-state index contributed by atoms with van der Waals surface area (Å²) in [5.41, 5.74) is 3.08. The number of rotatable bonds is 5. The van der Waals surface area contributed by atoms with E-state index in [0.29, 0.717) is 11.3 Å². The van der Waals surface area contributed by atoms with Crippen molar-refractivity contribution in [2.75, 3.05) is 23.9 Å². The molecule has 190 valence electrons. The molecule has 8 heteroatoms. The van der Waals surface area contributed by atoms with Gasteiger partial charge in [-0.05, 0) is 52.9 Å². The van der Waals surface area contributed by atoms with Crippen LogP contribution >= 0.6 is 0 Å². The van der Waals surface area contributed by atoms with Crippen molar-refractivity contribution in [1.82, 2.24) is 0 Å². The lowest BCUT2D eigenvalue weighted by atomic mass is 9.87. The summed E-state index contributed by atoms with van der Waals surface area (Å²) in [5, 5.41) is 22.3. The van der Waals surface area contributed by atoms with Crippen LogP contribution in [0.4, 0.5) is 17.1 Å². The second kappa shape index (κ2) is 9.54. The third kappa shape index (κ3) is 4.82. The molecular formula is C29H29N3O5. The van der Waals surface area contributed by atoms with Gasteiger partial charge in [0, 0.05) is 43.2 Å². The molecule has 0 spiro atoms. The first-order valence-electron chi connectivity index (χ1n) is 11.8. The fourth-order valence-electron chi connectivity index (χ4n) is 4.39. The van der Waals surface area contributed by atoms with E-state index in [-0.39, 0.29) is 28.0 Å². The molecule has 0 aliphatic carbocycles. The minimum Gasteiger partial charge on any atom is -0.507 e. The number of hydrogen-bond donors (Lipinski definition) is 1. The van der Waals surface area contributed by atoms with Crippen LogP contribution < -0.4 is 9.80 Å². The normalized spacial score (nSPS) is 17.2. The number of carbonyl (C=O) groups is 2. The molecule has 1 aliphatic rings. The van der Waals surface area contributed by atoms with E-state index in [1.807, 2.05) is 55.4 Å². The van der Waals surface area contributed by atoms with Gasteiger partial charge in [0.05, 0.1) is 16.5 Å². The third-order valence-electron chi connectivity index (χ3n) is 6.53. The minimum atomic E-state index is -0.883. The first-order chi connectivity index (χ1) is 17.4. The van der Waals surface area contributed by atoms with Gasteiger partial charge in [0.2, 0.25) is 0 Å². The van der Waals surface area contributed by atoms with E-state index in [9.17, 15) is 24.8 Å². The monoisotopic (exact) mass is 499 g/mol. The Hall–Kier alpha value is -4.46. The number of ketones is 1. The average Bonchev–Trinajstić information content (AvgIpc) is 3.13. The van der Waals surface area contributed by atoms with Crippen molar-refractivity contribution in [3.63, 3.8) is 0 Å². The molecule has 1 aliphatic heterocycles. The molecule has 37 heavy (non-hydrogen) atoms. The Kier molecular flexibility index (Phi) is 6.61. The Bertz CT molecular complexity index is 1380. The number of amides is 1. The summed E-state index contributed by atoms with van der Waals surface area (Å²) >= 11 is 0. The van der Waals surface area contributed by atoms with Gasteiger partial charge in [0.25, 0.3) is 17.4 Å². The van der Waals surface area contributed by atoms with Crippen LogP contribution in [0, 0.1) is 10.1 Å².